The molecule has 0 bridgehead atoms. The van der Waals surface area contributed by atoms with E-state index in [1.165, 1.54) is 131 Å². The quantitative estimate of drug-likeness (QED) is 0.0409. The third-order valence-corrected chi connectivity index (χ3v) is 17.0. The summed E-state index contributed by atoms with van der Waals surface area (Å²) in [5, 5.41) is 10.9. The van der Waals surface area contributed by atoms with Crippen LogP contribution in [0.2, 0.25) is 0 Å². The van der Waals surface area contributed by atoms with Crippen LogP contribution in [-0.4, -0.2) is 141 Å². The SMILES string of the molecule is C.C.C.CC=O.CCC=O.CCN1C(=O)C=CC1=O.CCNC(=O)CSSc1ccccn1.CN1C(=O)C=CC1=O.CNC(=O)CSSc1ccccn1.Cc1ccc(C=O)cc1.Cc1ccc(N2C(=O)C=CC2=O)cc1.Cc1ccc(NC(=O)CSSc2ccccn2)cc1. The molecule has 0 radical (unpaired) electrons. The number of imide groups is 3. The third-order valence-electron chi connectivity index (χ3n) is 10.6. The summed E-state index contributed by atoms with van der Waals surface area (Å²) in [6.45, 7) is 14.1. The second-order valence-corrected chi connectivity index (χ2v) is 24.9. The molecule has 0 saturated heterocycles. The molecule has 0 atom stereocenters. The van der Waals surface area contributed by atoms with E-state index >= 15 is 0 Å². The largest absolute Gasteiger partial charge is 0.358 e. The highest BCUT2D eigenvalue weighted by Crippen LogP contribution is 2.30. The Kier molecular flexibility index (Phi) is 53.9. The van der Waals surface area contributed by atoms with Gasteiger partial charge in [0.05, 0.1) is 22.9 Å². The summed E-state index contributed by atoms with van der Waals surface area (Å²) in [6, 6.07) is 39.7. The van der Waals surface area contributed by atoms with E-state index in [1.807, 2.05) is 150 Å². The molecule has 3 aliphatic rings. The van der Waals surface area contributed by atoms with E-state index in [1.54, 1.807) is 44.7 Å². The zero-order valence-corrected chi connectivity index (χ0v) is 57.7. The Morgan fingerprint density at radius 3 is 1.16 bits per heavy atom. The van der Waals surface area contributed by atoms with Crippen molar-refractivity contribution in [1.82, 2.24) is 35.4 Å². The summed E-state index contributed by atoms with van der Waals surface area (Å²) < 4.78 is 0. The molecular weight excluding hydrogens is 1340 g/mol. The van der Waals surface area contributed by atoms with Gasteiger partial charge in [0.1, 0.15) is 33.9 Å². The molecule has 6 aromatic rings. The van der Waals surface area contributed by atoms with Gasteiger partial charge in [-0.2, -0.15) is 0 Å². The number of hydrogen-bond donors (Lipinski definition) is 3. The van der Waals surface area contributed by atoms with Gasteiger partial charge >= 0.3 is 0 Å². The molecule has 9 rings (SSSR count). The second-order valence-electron chi connectivity index (χ2n) is 17.9. The monoisotopic (exact) mass is 1430 g/mol. The van der Waals surface area contributed by atoms with Gasteiger partial charge in [-0.05, 0) is 135 Å². The van der Waals surface area contributed by atoms with E-state index < -0.39 is 0 Å². The molecular formula is C69H87N9O12S6. The molecule has 3 aliphatic heterocycles. The van der Waals surface area contributed by atoms with Gasteiger partial charge in [-0.1, -0.05) is 145 Å². The number of hydrogen-bond acceptors (Lipinski definition) is 21. The number of aryl methyl sites for hydroxylation is 3. The van der Waals surface area contributed by atoms with Crippen molar-refractivity contribution in [2.45, 2.75) is 92.2 Å². The van der Waals surface area contributed by atoms with Gasteiger partial charge in [0.25, 0.3) is 35.4 Å². The smallest absolute Gasteiger partial charge is 0.258 e. The number of carbonyl (C=O) groups excluding carboxylic acids is 12. The van der Waals surface area contributed by atoms with Crippen molar-refractivity contribution in [3.8, 4) is 0 Å². The van der Waals surface area contributed by atoms with E-state index in [9.17, 15) is 52.7 Å². The fourth-order valence-electron chi connectivity index (χ4n) is 5.98. The highest BCUT2D eigenvalue weighted by Gasteiger charge is 2.25. The lowest BCUT2D eigenvalue weighted by molar-refractivity contribution is -0.137. The van der Waals surface area contributed by atoms with Crippen LogP contribution in [0.15, 0.2) is 198 Å². The minimum atomic E-state index is -0.279. The van der Waals surface area contributed by atoms with Crippen molar-refractivity contribution in [2.75, 3.05) is 54.7 Å². The number of aldehydes is 3. The van der Waals surface area contributed by atoms with E-state index in [4.69, 9.17) is 4.79 Å². The average Bonchev–Trinajstić information content (AvgIpc) is 1.75. The van der Waals surface area contributed by atoms with Crippen LogP contribution in [0.25, 0.3) is 0 Å². The first-order valence-electron chi connectivity index (χ1n) is 28.2. The standard InChI is InChI=1S/C14H14N2OS2.C11H9NO2.C9H12N2OS2.C8H10N2OS2.C8H8O.C6H7NO2.C5H5NO2.C3H6O.C2H4O.3CH4/c1-11-5-7-12(8-6-11)16-13(17)10-18-19-14-4-2-3-9-15-14;1-8-2-4-9(5-3-8)12-10(13)6-7-11(12)14;1-2-10-8(12)7-13-14-9-5-3-4-6-11-9;1-9-7(11)6-12-13-8-4-2-3-5-10-8;1-7-2-4-8(6-9)5-3-7;1-2-7-5(8)3-4-6(7)9;1-6-4(7)2-3-5(6)8;1-2-3-4;1-2-3;;;/h2-9H,10H2,1H3,(H,16,17);2-7H,1H3;3-6H,2,7H2,1H3,(H,10,12);2-5H,6H2,1H3,(H,9,11);2-6H,1H3;3-4H,2H2,1H3;2-3H,1H3;3H,2H2,1H3;2H,1H3;3*1H4. The Morgan fingerprint density at radius 1 is 0.490 bits per heavy atom. The fourth-order valence-corrected chi connectivity index (χ4v) is 11.3. The Bertz CT molecular complexity index is 3320. The van der Waals surface area contributed by atoms with E-state index in [0.717, 1.165) is 60.6 Å². The highest BCUT2D eigenvalue weighted by atomic mass is 33.1. The highest BCUT2D eigenvalue weighted by molar-refractivity contribution is 8.77. The number of rotatable bonds is 18. The first-order chi connectivity index (χ1) is 44.7. The maximum atomic E-state index is 11.7. The van der Waals surface area contributed by atoms with Gasteiger partial charge < -0.3 is 25.5 Å². The Hall–Kier alpha value is -8.73. The number of amides is 9. The maximum absolute atomic E-state index is 11.7. The Morgan fingerprint density at radius 2 is 0.844 bits per heavy atom. The lowest BCUT2D eigenvalue weighted by Gasteiger charge is -2.13. The predicted octanol–water partition coefficient (Wildman–Crippen LogP) is 12.7. The molecule has 0 spiro atoms. The van der Waals surface area contributed by atoms with Gasteiger partial charge in [0.15, 0.2) is 0 Å². The predicted molar refractivity (Wildman–Crippen MR) is 396 cm³/mol. The molecule has 27 heteroatoms. The average molecular weight is 1430 g/mol. The van der Waals surface area contributed by atoms with Crippen molar-refractivity contribution in [3.63, 3.8) is 0 Å². The summed E-state index contributed by atoms with van der Waals surface area (Å²) >= 11 is 0. The van der Waals surface area contributed by atoms with Gasteiger partial charge in [-0.3, -0.25) is 57.7 Å². The molecule has 21 nitrogen and oxygen atoms in total. The summed E-state index contributed by atoms with van der Waals surface area (Å²) in [6.07, 6.45) is 16.0. The number of carbonyl (C=O) groups is 12. The summed E-state index contributed by atoms with van der Waals surface area (Å²) in [5.41, 5.74) is 5.65. The minimum Gasteiger partial charge on any atom is -0.358 e. The molecule has 0 aliphatic carbocycles. The fraction of sp³-hybridized carbons (Fsp3) is 0.261. The molecule has 6 heterocycles. The summed E-state index contributed by atoms with van der Waals surface area (Å²) in [5.74, 6) is -0.0265. The van der Waals surface area contributed by atoms with Crippen molar-refractivity contribution in [2.24, 2.45) is 0 Å². The molecule has 9 amide bonds. The normalized spacial score (nSPS) is 11.4. The molecule has 0 saturated carbocycles. The van der Waals surface area contributed by atoms with E-state index in [0.29, 0.717) is 42.5 Å². The van der Waals surface area contributed by atoms with E-state index in [2.05, 4.69) is 30.9 Å². The first-order valence-corrected chi connectivity index (χ1v) is 35.1. The molecule has 96 heavy (non-hydrogen) atoms. The van der Waals surface area contributed by atoms with Gasteiger partial charge in [-0.25, -0.2) is 19.9 Å². The maximum Gasteiger partial charge on any atom is 0.258 e. The van der Waals surface area contributed by atoms with Crippen LogP contribution >= 0.6 is 64.8 Å². The first kappa shape index (κ1) is 91.5. The zero-order valence-electron chi connectivity index (χ0n) is 52.8. The number of nitrogens with one attached hydrogen (secondary N) is 3. The molecule has 3 aromatic heterocycles. The lowest BCUT2D eigenvalue weighted by atomic mass is 10.2. The van der Waals surface area contributed by atoms with Crippen molar-refractivity contribution < 1.29 is 57.5 Å². The number of anilines is 2. The van der Waals surface area contributed by atoms with Gasteiger partial charge in [-0.15, -0.1) is 0 Å². The van der Waals surface area contributed by atoms with Crippen LogP contribution in [0.4, 0.5) is 11.4 Å². The number of benzene rings is 3. The summed E-state index contributed by atoms with van der Waals surface area (Å²) in [4.78, 5) is 142. The van der Waals surface area contributed by atoms with Crippen LogP contribution in [-0.2, 0) is 52.7 Å². The van der Waals surface area contributed by atoms with Crippen molar-refractivity contribution in [3.05, 3.63) is 205 Å². The lowest BCUT2D eigenvalue weighted by Crippen LogP contribution is -2.29. The Balaban J connectivity index is -0.00000104. The van der Waals surface area contributed by atoms with Gasteiger partial charge in [0.2, 0.25) is 17.7 Å². The zero-order chi connectivity index (χ0) is 69.2. The summed E-state index contributed by atoms with van der Waals surface area (Å²) in [7, 11) is 12.1. The van der Waals surface area contributed by atoms with Crippen LogP contribution in [0, 0.1) is 20.8 Å². The number of aromatic nitrogens is 3. The van der Waals surface area contributed by atoms with Crippen molar-refractivity contribution in [1.29, 1.82) is 0 Å². The second kappa shape index (κ2) is 56.6. The van der Waals surface area contributed by atoms with E-state index in [-0.39, 0.29) is 75.4 Å². The number of pyridine rings is 3. The van der Waals surface area contributed by atoms with Crippen molar-refractivity contribution >= 4 is 148 Å². The van der Waals surface area contributed by atoms with Crippen LogP contribution < -0.4 is 20.9 Å². The minimum absolute atomic E-state index is 0. The van der Waals surface area contributed by atoms with Crippen LogP contribution in [0.1, 0.15) is 83.4 Å². The number of likely N-dealkylation sites (N-methyl/N-ethyl adjacent to an activating group) is 2. The molecule has 3 aromatic carbocycles. The third kappa shape index (κ3) is 41.9. The molecule has 516 valence electrons. The van der Waals surface area contributed by atoms with Crippen LogP contribution in [0.5, 0.6) is 0 Å². The Labute approximate surface area is 588 Å². The molecule has 0 fully saturated rings. The topological polar surface area (TPSA) is 289 Å². The van der Waals surface area contributed by atoms with Crippen LogP contribution in [0.3, 0.4) is 0 Å². The molecule has 3 N–H and O–H groups in total. The molecule has 0 unspecified atom stereocenters. The van der Waals surface area contributed by atoms with Gasteiger partial charge in [0, 0.05) is 99.9 Å². The number of nitrogens with zero attached hydrogens (tertiary/aromatic N) is 6.